The highest BCUT2D eigenvalue weighted by Crippen LogP contribution is 2.37. The molecule has 1 heterocycles. The number of aliphatic hydroxyl groups excluding tert-OH is 1. The van der Waals surface area contributed by atoms with Crippen LogP contribution in [0, 0.1) is 11.2 Å². The van der Waals surface area contributed by atoms with Crippen molar-refractivity contribution in [1.29, 1.82) is 0 Å². The summed E-state index contributed by atoms with van der Waals surface area (Å²) >= 11 is 0. The van der Waals surface area contributed by atoms with Crippen LogP contribution in [-0.2, 0) is 4.74 Å². The van der Waals surface area contributed by atoms with E-state index >= 15 is 0 Å². The molecule has 0 saturated carbocycles. The first-order valence-electron chi connectivity index (χ1n) is 5.57. The molecular formula is C13H17FO2. The Bertz CT molecular complexity index is 361. The number of halogens is 1. The highest BCUT2D eigenvalue weighted by Gasteiger charge is 2.35. The minimum Gasteiger partial charge on any atom is -0.396 e. The van der Waals surface area contributed by atoms with Crippen molar-refractivity contribution in [3.63, 3.8) is 0 Å². The van der Waals surface area contributed by atoms with Gasteiger partial charge in [-0.1, -0.05) is 19.1 Å². The van der Waals surface area contributed by atoms with Crippen LogP contribution >= 0.6 is 0 Å². The van der Waals surface area contributed by atoms with Crippen LogP contribution in [0.25, 0.3) is 0 Å². The smallest absolute Gasteiger partial charge is 0.123 e. The molecule has 1 atom stereocenters. The van der Waals surface area contributed by atoms with E-state index < -0.39 is 0 Å². The number of aliphatic hydroxyl groups is 1. The molecule has 0 bridgehead atoms. The Hall–Kier alpha value is -0.930. The zero-order chi connectivity index (χ0) is 11.6. The third kappa shape index (κ3) is 2.42. The summed E-state index contributed by atoms with van der Waals surface area (Å²) in [5, 5.41) is 9.39. The van der Waals surface area contributed by atoms with Gasteiger partial charge >= 0.3 is 0 Å². The summed E-state index contributed by atoms with van der Waals surface area (Å²) in [6.45, 7) is 3.66. The highest BCUT2D eigenvalue weighted by molar-refractivity contribution is 5.21. The Kier molecular flexibility index (Phi) is 3.26. The van der Waals surface area contributed by atoms with Crippen molar-refractivity contribution in [3.8, 4) is 0 Å². The van der Waals surface area contributed by atoms with Gasteiger partial charge in [0.1, 0.15) is 5.82 Å². The highest BCUT2D eigenvalue weighted by atomic mass is 19.1. The SMILES string of the molecule is CC1(CC(CO)c2cccc(F)c2)COC1. The summed E-state index contributed by atoms with van der Waals surface area (Å²) in [7, 11) is 0. The van der Waals surface area contributed by atoms with Gasteiger partial charge in [0.2, 0.25) is 0 Å². The van der Waals surface area contributed by atoms with Gasteiger partial charge in [0.25, 0.3) is 0 Å². The van der Waals surface area contributed by atoms with E-state index in [0.717, 1.165) is 25.2 Å². The van der Waals surface area contributed by atoms with Crippen molar-refractivity contribution in [2.24, 2.45) is 5.41 Å². The lowest BCUT2D eigenvalue weighted by atomic mass is 9.77. The number of ether oxygens (including phenoxy) is 1. The summed E-state index contributed by atoms with van der Waals surface area (Å²) in [5.41, 5.74) is 1.01. The average Bonchev–Trinajstić information content (AvgIpc) is 2.23. The molecule has 0 aliphatic carbocycles. The monoisotopic (exact) mass is 224 g/mol. The van der Waals surface area contributed by atoms with Crippen molar-refractivity contribution in [1.82, 2.24) is 0 Å². The molecule has 1 aliphatic heterocycles. The van der Waals surface area contributed by atoms with Crippen LogP contribution in [0.15, 0.2) is 24.3 Å². The number of hydrogen-bond donors (Lipinski definition) is 1. The van der Waals surface area contributed by atoms with Gasteiger partial charge in [-0.2, -0.15) is 0 Å². The molecule has 0 radical (unpaired) electrons. The predicted octanol–water partition coefficient (Wildman–Crippen LogP) is 2.33. The lowest BCUT2D eigenvalue weighted by Gasteiger charge is -2.40. The molecule has 88 valence electrons. The maximum Gasteiger partial charge on any atom is 0.123 e. The molecule has 1 aliphatic rings. The molecule has 16 heavy (non-hydrogen) atoms. The predicted molar refractivity (Wildman–Crippen MR) is 59.8 cm³/mol. The standard InChI is InChI=1S/C13H17FO2/c1-13(8-16-9-13)6-11(7-15)10-3-2-4-12(14)5-10/h2-5,11,15H,6-9H2,1H3. The van der Waals surface area contributed by atoms with Gasteiger partial charge in [-0.15, -0.1) is 0 Å². The minimum absolute atomic E-state index is 0.00426. The van der Waals surface area contributed by atoms with Crippen LogP contribution in [0.2, 0.25) is 0 Å². The van der Waals surface area contributed by atoms with Crippen LogP contribution in [0.5, 0.6) is 0 Å². The summed E-state index contributed by atoms with van der Waals surface area (Å²) in [4.78, 5) is 0. The van der Waals surface area contributed by atoms with E-state index in [-0.39, 0.29) is 23.8 Å². The lowest BCUT2D eigenvalue weighted by molar-refractivity contribution is -0.110. The van der Waals surface area contributed by atoms with Crippen molar-refractivity contribution >= 4 is 0 Å². The van der Waals surface area contributed by atoms with E-state index in [1.165, 1.54) is 12.1 Å². The van der Waals surface area contributed by atoms with Gasteiger partial charge in [-0.3, -0.25) is 0 Å². The Morgan fingerprint density at radius 1 is 1.50 bits per heavy atom. The third-order valence-electron chi connectivity index (χ3n) is 3.18. The van der Waals surface area contributed by atoms with Gasteiger partial charge < -0.3 is 9.84 Å². The van der Waals surface area contributed by atoms with Gasteiger partial charge in [0.15, 0.2) is 0 Å². The number of benzene rings is 1. The molecule has 0 spiro atoms. The Labute approximate surface area is 95.1 Å². The van der Waals surface area contributed by atoms with Crippen molar-refractivity contribution in [2.45, 2.75) is 19.3 Å². The topological polar surface area (TPSA) is 29.5 Å². The lowest BCUT2D eigenvalue weighted by Crippen LogP contribution is -2.41. The molecule has 1 N–H and O–H groups in total. The number of hydrogen-bond acceptors (Lipinski definition) is 2. The second-order valence-corrected chi connectivity index (χ2v) is 4.94. The van der Waals surface area contributed by atoms with Crippen LogP contribution in [0.4, 0.5) is 4.39 Å². The second kappa shape index (κ2) is 4.52. The molecule has 2 nitrogen and oxygen atoms in total. The number of rotatable bonds is 4. The van der Waals surface area contributed by atoms with E-state index in [9.17, 15) is 9.50 Å². The maximum atomic E-state index is 13.1. The van der Waals surface area contributed by atoms with E-state index in [4.69, 9.17) is 4.74 Å². The van der Waals surface area contributed by atoms with E-state index in [0.29, 0.717) is 0 Å². The van der Waals surface area contributed by atoms with Crippen molar-refractivity contribution in [2.75, 3.05) is 19.8 Å². The minimum atomic E-state index is -0.244. The quantitative estimate of drug-likeness (QED) is 0.850. The van der Waals surface area contributed by atoms with Crippen LogP contribution in [0.1, 0.15) is 24.8 Å². The van der Waals surface area contributed by atoms with Crippen LogP contribution in [-0.4, -0.2) is 24.9 Å². The summed E-state index contributed by atoms with van der Waals surface area (Å²) < 4.78 is 18.3. The molecule has 2 rings (SSSR count). The fourth-order valence-electron chi connectivity index (χ4n) is 2.21. The first kappa shape index (κ1) is 11.6. The maximum absolute atomic E-state index is 13.1. The van der Waals surface area contributed by atoms with Crippen molar-refractivity contribution < 1.29 is 14.2 Å². The van der Waals surface area contributed by atoms with Crippen molar-refractivity contribution in [3.05, 3.63) is 35.6 Å². The van der Waals surface area contributed by atoms with Gasteiger partial charge in [0, 0.05) is 17.9 Å². The fourth-order valence-corrected chi connectivity index (χ4v) is 2.21. The molecule has 0 amide bonds. The Morgan fingerprint density at radius 2 is 2.25 bits per heavy atom. The van der Waals surface area contributed by atoms with Gasteiger partial charge in [0.05, 0.1) is 13.2 Å². The molecule has 1 saturated heterocycles. The Morgan fingerprint density at radius 3 is 2.75 bits per heavy atom. The summed E-state index contributed by atoms with van der Waals surface area (Å²) in [6, 6.07) is 6.48. The van der Waals surface area contributed by atoms with E-state index in [1.54, 1.807) is 6.07 Å². The van der Waals surface area contributed by atoms with Gasteiger partial charge in [-0.05, 0) is 24.1 Å². The van der Waals surface area contributed by atoms with Crippen LogP contribution < -0.4 is 0 Å². The van der Waals surface area contributed by atoms with E-state index in [2.05, 4.69) is 6.92 Å². The second-order valence-electron chi connectivity index (χ2n) is 4.94. The summed E-state index contributed by atoms with van der Waals surface area (Å²) in [5.74, 6) is -0.240. The molecular weight excluding hydrogens is 207 g/mol. The zero-order valence-corrected chi connectivity index (χ0v) is 9.45. The normalized spacial score (nSPS) is 20.2. The zero-order valence-electron chi connectivity index (χ0n) is 9.45. The molecule has 1 fully saturated rings. The fraction of sp³-hybridized carbons (Fsp3) is 0.538. The van der Waals surface area contributed by atoms with Crippen LogP contribution in [0.3, 0.4) is 0 Å². The molecule has 1 unspecified atom stereocenters. The molecule has 1 aromatic rings. The third-order valence-corrected chi connectivity index (χ3v) is 3.18. The Balaban J connectivity index is 2.10. The average molecular weight is 224 g/mol. The van der Waals surface area contributed by atoms with E-state index in [1.807, 2.05) is 6.07 Å². The van der Waals surface area contributed by atoms with Gasteiger partial charge in [-0.25, -0.2) is 4.39 Å². The first-order chi connectivity index (χ1) is 7.63. The summed E-state index contributed by atoms with van der Waals surface area (Å²) in [6.07, 6.45) is 0.840. The molecule has 1 aromatic carbocycles. The molecule has 0 aromatic heterocycles. The first-order valence-corrected chi connectivity index (χ1v) is 5.57. The molecule has 3 heteroatoms. The largest absolute Gasteiger partial charge is 0.396 e.